The Bertz CT molecular complexity index is 670. The normalized spacial score (nSPS) is 28.4. The standard InChI is InChI=1S/C9H13N2O9P.Mg/c12-5-1-2-11(9(15)10-5)8-7(14)6(13)4(20-8)3-19-21(16,17)18;/h1-2,4,6-8,13-14H,3H2,(H,10,12,15)(H2,16,17,18);/q;+2/p-2/t4-,6-,7-,8-;/m1./s1. The fourth-order valence-corrected chi connectivity index (χ4v) is 2.22. The summed E-state index contributed by atoms with van der Waals surface area (Å²) in [7, 11) is -5.26. The van der Waals surface area contributed by atoms with Crippen molar-refractivity contribution < 1.29 is 33.8 Å². The van der Waals surface area contributed by atoms with Gasteiger partial charge in [-0.2, -0.15) is 0 Å². The van der Waals surface area contributed by atoms with E-state index in [9.17, 15) is 34.2 Å². The van der Waals surface area contributed by atoms with Gasteiger partial charge >= 0.3 is 28.7 Å². The number of aromatic amines is 1. The minimum Gasteiger partial charge on any atom is -0.790 e. The smallest absolute Gasteiger partial charge is 0.790 e. The average molecular weight is 346 g/mol. The van der Waals surface area contributed by atoms with Gasteiger partial charge in [0, 0.05) is 12.3 Å². The molecule has 11 nitrogen and oxygen atoms in total. The maximum atomic E-state index is 11.6. The Labute approximate surface area is 138 Å². The minimum absolute atomic E-state index is 0. The van der Waals surface area contributed by atoms with Crippen LogP contribution in [-0.2, 0) is 13.8 Å². The molecule has 0 amide bonds. The Morgan fingerprint density at radius 1 is 1.36 bits per heavy atom. The van der Waals surface area contributed by atoms with Gasteiger partial charge in [0.2, 0.25) is 0 Å². The van der Waals surface area contributed by atoms with Crippen LogP contribution in [0.15, 0.2) is 21.9 Å². The zero-order valence-electron chi connectivity index (χ0n) is 11.0. The van der Waals surface area contributed by atoms with E-state index in [1.54, 1.807) is 0 Å². The van der Waals surface area contributed by atoms with Gasteiger partial charge in [-0.3, -0.25) is 14.3 Å². The molecule has 2 rings (SSSR count). The van der Waals surface area contributed by atoms with Gasteiger partial charge in [-0.15, -0.1) is 0 Å². The van der Waals surface area contributed by atoms with Crippen molar-refractivity contribution in [3.63, 3.8) is 0 Å². The average Bonchev–Trinajstić information content (AvgIpc) is 2.64. The molecule has 0 bridgehead atoms. The fourth-order valence-electron chi connectivity index (χ4n) is 1.89. The molecule has 0 spiro atoms. The Balaban J connectivity index is 0.00000242. The van der Waals surface area contributed by atoms with Crippen molar-refractivity contribution in [2.75, 3.05) is 6.61 Å². The first kappa shape index (κ1) is 19.5. The third-order valence-electron chi connectivity index (χ3n) is 2.86. The van der Waals surface area contributed by atoms with Crippen LogP contribution in [0.5, 0.6) is 0 Å². The summed E-state index contributed by atoms with van der Waals surface area (Å²) in [6.07, 6.45) is -4.83. The van der Waals surface area contributed by atoms with Gasteiger partial charge in [0.05, 0.1) is 14.4 Å². The SMILES string of the molecule is O=c1ccn([C@@H]2O[C@H](COP(=O)([O-])[O-])[C@@H](O)[C@H]2O)c(=O)[nH]1.[Mg+2]. The van der Waals surface area contributed by atoms with E-state index >= 15 is 0 Å². The molecule has 1 aromatic rings. The molecule has 0 aromatic carbocycles. The second-order valence-electron chi connectivity index (χ2n) is 4.31. The zero-order chi connectivity index (χ0) is 15.8. The minimum atomic E-state index is -5.26. The van der Waals surface area contributed by atoms with Gasteiger partial charge in [-0.25, -0.2) is 4.79 Å². The van der Waals surface area contributed by atoms with E-state index in [1.165, 1.54) is 0 Å². The molecule has 1 saturated heterocycles. The molecule has 118 valence electrons. The van der Waals surface area contributed by atoms with E-state index < -0.39 is 50.2 Å². The quantitative estimate of drug-likeness (QED) is 0.359. The molecule has 0 unspecified atom stereocenters. The van der Waals surface area contributed by atoms with E-state index in [2.05, 4.69) is 4.52 Å². The monoisotopic (exact) mass is 346 g/mol. The van der Waals surface area contributed by atoms with Crippen LogP contribution in [0.25, 0.3) is 0 Å². The van der Waals surface area contributed by atoms with Crippen molar-refractivity contribution in [2.45, 2.75) is 24.5 Å². The van der Waals surface area contributed by atoms with Crippen molar-refractivity contribution in [2.24, 2.45) is 0 Å². The fraction of sp³-hybridized carbons (Fsp3) is 0.556. The number of phosphoric acid groups is 1. The molecule has 13 heteroatoms. The van der Waals surface area contributed by atoms with Crippen LogP contribution < -0.4 is 21.0 Å². The number of hydrogen-bond acceptors (Lipinski definition) is 9. The van der Waals surface area contributed by atoms with Crippen molar-refractivity contribution >= 4 is 30.9 Å². The summed E-state index contributed by atoms with van der Waals surface area (Å²) in [5.74, 6) is 0. The third-order valence-corrected chi connectivity index (χ3v) is 3.32. The van der Waals surface area contributed by atoms with Gasteiger partial charge in [0.25, 0.3) is 5.56 Å². The molecule has 4 atom stereocenters. The van der Waals surface area contributed by atoms with E-state index in [1.807, 2.05) is 4.98 Å². The molecule has 1 aliphatic heterocycles. The van der Waals surface area contributed by atoms with Gasteiger partial charge < -0.3 is 33.8 Å². The van der Waals surface area contributed by atoms with Crippen molar-refractivity contribution in [1.82, 2.24) is 9.55 Å². The summed E-state index contributed by atoms with van der Waals surface area (Å²) in [6, 6.07) is 0.997. The maximum Gasteiger partial charge on any atom is 2.00 e. The van der Waals surface area contributed by atoms with Crippen LogP contribution in [0, 0.1) is 0 Å². The number of nitrogens with one attached hydrogen (secondary N) is 1. The first-order valence-electron chi connectivity index (χ1n) is 5.69. The van der Waals surface area contributed by atoms with E-state index in [0.29, 0.717) is 0 Å². The van der Waals surface area contributed by atoms with Gasteiger partial charge in [-0.05, 0) is 0 Å². The molecule has 22 heavy (non-hydrogen) atoms. The van der Waals surface area contributed by atoms with E-state index in [-0.39, 0.29) is 23.1 Å². The predicted octanol–water partition coefficient (Wildman–Crippen LogP) is -4.38. The van der Waals surface area contributed by atoms with Gasteiger partial charge in [0.1, 0.15) is 18.3 Å². The Morgan fingerprint density at radius 3 is 2.55 bits per heavy atom. The number of phosphoric ester groups is 1. The van der Waals surface area contributed by atoms with Crippen LogP contribution in [-0.4, -0.2) is 67.7 Å². The molecule has 0 radical (unpaired) electrons. The molecular formula is C9H11MgN2O9P. The second kappa shape index (κ2) is 7.34. The summed E-state index contributed by atoms with van der Waals surface area (Å²) in [4.78, 5) is 45.2. The summed E-state index contributed by atoms with van der Waals surface area (Å²) in [5.41, 5.74) is -1.55. The summed E-state index contributed by atoms with van der Waals surface area (Å²) >= 11 is 0. The Kier molecular flexibility index (Phi) is 6.50. The first-order chi connectivity index (χ1) is 9.69. The zero-order valence-corrected chi connectivity index (χ0v) is 13.3. The van der Waals surface area contributed by atoms with Gasteiger partial charge in [-0.1, -0.05) is 0 Å². The van der Waals surface area contributed by atoms with Crippen LogP contribution in [0.1, 0.15) is 6.23 Å². The number of ether oxygens (including phenoxy) is 1. The number of aliphatic hydroxyl groups is 2. The van der Waals surface area contributed by atoms with E-state index in [4.69, 9.17) is 4.74 Å². The van der Waals surface area contributed by atoms with Crippen LogP contribution in [0.3, 0.4) is 0 Å². The molecule has 1 aliphatic rings. The number of aromatic nitrogens is 2. The van der Waals surface area contributed by atoms with Crippen molar-refractivity contribution in [1.29, 1.82) is 0 Å². The Hall–Kier alpha value is -0.564. The van der Waals surface area contributed by atoms with Crippen LogP contribution in [0.2, 0.25) is 0 Å². The summed E-state index contributed by atoms with van der Waals surface area (Å²) < 4.78 is 20.3. The van der Waals surface area contributed by atoms with Gasteiger partial charge in [0.15, 0.2) is 6.23 Å². The molecule has 1 aromatic heterocycles. The Morgan fingerprint density at radius 2 is 2.00 bits per heavy atom. The number of nitrogens with zero attached hydrogens (tertiary/aromatic N) is 1. The number of H-pyrrole nitrogens is 1. The molecule has 0 aliphatic carbocycles. The largest absolute Gasteiger partial charge is 2.00 e. The number of aliphatic hydroxyl groups excluding tert-OH is 2. The maximum absolute atomic E-state index is 11.6. The number of hydrogen-bond donors (Lipinski definition) is 3. The second-order valence-corrected chi connectivity index (χ2v) is 5.46. The van der Waals surface area contributed by atoms with E-state index in [0.717, 1.165) is 16.8 Å². The van der Waals surface area contributed by atoms with Crippen molar-refractivity contribution in [3.8, 4) is 0 Å². The molecule has 3 N–H and O–H groups in total. The molecule has 0 saturated carbocycles. The summed E-state index contributed by atoms with van der Waals surface area (Å²) in [5, 5.41) is 19.5. The van der Waals surface area contributed by atoms with Crippen LogP contribution in [0.4, 0.5) is 0 Å². The number of rotatable bonds is 4. The predicted molar refractivity (Wildman–Crippen MR) is 66.6 cm³/mol. The molecule has 1 fully saturated rings. The van der Waals surface area contributed by atoms with Crippen molar-refractivity contribution in [3.05, 3.63) is 33.1 Å². The third kappa shape index (κ3) is 4.47. The molecule has 2 heterocycles. The first-order valence-corrected chi connectivity index (χ1v) is 7.15. The van der Waals surface area contributed by atoms with Crippen LogP contribution >= 0.6 is 7.82 Å². The molecular weight excluding hydrogens is 335 g/mol. The summed E-state index contributed by atoms with van der Waals surface area (Å²) in [6.45, 7) is -0.808. The topological polar surface area (TPSA) is 177 Å².